The van der Waals surface area contributed by atoms with E-state index < -0.39 is 18.9 Å². The molecular weight excluding hydrogens is 349 g/mol. The van der Waals surface area contributed by atoms with Crippen molar-refractivity contribution < 1.29 is 27.4 Å². The second kappa shape index (κ2) is 9.10. The molecule has 0 unspecified atom stereocenters. The molecule has 0 saturated carbocycles. The number of benzene rings is 1. The quantitative estimate of drug-likeness (QED) is 0.807. The highest BCUT2D eigenvalue weighted by molar-refractivity contribution is 5.85. The van der Waals surface area contributed by atoms with E-state index in [4.69, 9.17) is 15.2 Å². The van der Waals surface area contributed by atoms with E-state index in [1.54, 1.807) is 18.2 Å². The topological polar surface area (TPSA) is 73.6 Å². The highest BCUT2D eigenvalue weighted by Gasteiger charge is 2.30. The molecule has 1 aromatic rings. The molecule has 0 bridgehead atoms. The van der Waals surface area contributed by atoms with Crippen molar-refractivity contribution in [2.75, 3.05) is 13.2 Å². The summed E-state index contributed by atoms with van der Waals surface area (Å²) in [6, 6.07) is 6.27. The fourth-order valence-electron chi connectivity index (χ4n) is 2.32. The first kappa shape index (κ1) is 20.5. The number of amides is 1. The Hall–Kier alpha value is -1.51. The Balaban J connectivity index is 0.00000288. The maximum atomic E-state index is 12.2. The molecule has 0 aliphatic carbocycles. The number of rotatable bonds is 6. The lowest BCUT2D eigenvalue weighted by Gasteiger charge is -2.15. The fraction of sp³-hybridized carbons (Fsp3) is 0.533. The van der Waals surface area contributed by atoms with Crippen molar-refractivity contribution in [1.82, 2.24) is 5.32 Å². The van der Waals surface area contributed by atoms with Crippen LogP contribution in [0.15, 0.2) is 24.3 Å². The molecule has 2 rings (SSSR count). The Bertz CT molecular complexity index is 543. The second-order valence-electron chi connectivity index (χ2n) is 5.29. The maximum absolute atomic E-state index is 12.2. The standard InChI is InChI=1S/C15H19F3N2O3.ClH/c16-15(17,18)9-22-12-4-2-1-3-10(12)8-20-14(21)13-6-5-11(7-19)23-13;/h1-4,11,13H,5-9,19H2,(H,20,21);1H/t11-,13+;/m1./s1. The first-order valence-corrected chi connectivity index (χ1v) is 7.29. The predicted molar refractivity (Wildman–Crippen MR) is 84.0 cm³/mol. The van der Waals surface area contributed by atoms with E-state index in [2.05, 4.69) is 5.32 Å². The highest BCUT2D eigenvalue weighted by atomic mass is 35.5. The Kier molecular flexibility index (Phi) is 7.78. The zero-order valence-electron chi connectivity index (χ0n) is 12.8. The maximum Gasteiger partial charge on any atom is 0.422 e. The number of carbonyl (C=O) groups excluding carboxylic acids is 1. The molecule has 1 amide bonds. The van der Waals surface area contributed by atoms with E-state index in [1.807, 2.05) is 0 Å². The van der Waals surface area contributed by atoms with Crippen molar-refractivity contribution in [3.63, 3.8) is 0 Å². The normalized spacial score (nSPS) is 20.3. The second-order valence-corrected chi connectivity index (χ2v) is 5.29. The number of para-hydroxylation sites is 1. The molecule has 1 aliphatic heterocycles. The van der Waals surface area contributed by atoms with E-state index in [0.29, 0.717) is 18.5 Å². The van der Waals surface area contributed by atoms with Gasteiger partial charge in [0, 0.05) is 18.7 Å². The van der Waals surface area contributed by atoms with Gasteiger partial charge in [0.05, 0.1) is 6.10 Å². The van der Waals surface area contributed by atoms with Crippen LogP contribution in [0.1, 0.15) is 18.4 Å². The number of carbonyl (C=O) groups is 1. The molecule has 1 aromatic carbocycles. The summed E-state index contributed by atoms with van der Waals surface area (Å²) in [7, 11) is 0. The lowest BCUT2D eigenvalue weighted by atomic mass is 10.1. The van der Waals surface area contributed by atoms with Crippen LogP contribution in [0.4, 0.5) is 13.2 Å². The van der Waals surface area contributed by atoms with E-state index in [1.165, 1.54) is 6.07 Å². The molecule has 2 atom stereocenters. The highest BCUT2D eigenvalue weighted by Crippen LogP contribution is 2.23. The van der Waals surface area contributed by atoms with Crippen LogP contribution in [0.5, 0.6) is 5.75 Å². The molecule has 136 valence electrons. The summed E-state index contributed by atoms with van der Waals surface area (Å²) in [5, 5.41) is 2.66. The van der Waals surface area contributed by atoms with Gasteiger partial charge in [-0.3, -0.25) is 4.79 Å². The molecule has 1 saturated heterocycles. The van der Waals surface area contributed by atoms with Gasteiger partial charge in [0.25, 0.3) is 0 Å². The minimum absolute atomic E-state index is 0. The summed E-state index contributed by atoms with van der Waals surface area (Å²) in [5.74, 6) is -0.205. The summed E-state index contributed by atoms with van der Waals surface area (Å²) < 4.78 is 47.0. The number of hydrogen-bond donors (Lipinski definition) is 2. The summed E-state index contributed by atoms with van der Waals surface area (Å²) in [4.78, 5) is 12.0. The molecule has 0 aromatic heterocycles. The third-order valence-corrected chi connectivity index (χ3v) is 3.48. The van der Waals surface area contributed by atoms with Crippen molar-refractivity contribution >= 4 is 18.3 Å². The first-order valence-electron chi connectivity index (χ1n) is 7.29. The molecule has 9 heteroatoms. The molecule has 0 radical (unpaired) electrons. The molecule has 3 N–H and O–H groups in total. The molecule has 5 nitrogen and oxygen atoms in total. The Labute approximate surface area is 144 Å². The number of halogens is 4. The smallest absolute Gasteiger partial charge is 0.422 e. The Morgan fingerprint density at radius 3 is 2.67 bits per heavy atom. The van der Waals surface area contributed by atoms with Crippen LogP contribution in [-0.4, -0.2) is 37.4 Å². The zero-order valence-corrected chi connectivity index (χ0v) is 13.7. The van der Waals surface area contributed by atoms with Crippen molar-refractivity contribution in [3.05, 3.63) is 29.8 Å². The average molecular weight is 369 g/mol. The molecule has 0 spiro atoms. The van der Waals surface area contributed by atoms with Gasteiger partial charge in [0.15, 0.2) is 6.61 Å². The summed E-state index contributed by atoms with van der Waals surface area (Å²) >= 11 is 0. The van der Waals surface area contributed by atoms with Crippen molar-refractivity contribution in [1.29, 1.82) is 0 Å². The number of nitrogens with two attached hydrogens (primary N) is 1. The molecule has 24 heavy (non-hydrogen) atoms. The average Bonchev–Trinajstić information content (AvgIpc) is 2.99. The van der Waals surface area contributed by atoms with Crippen LogP contribution in [0.25, 0.3) is 0 Å². The minimum Gasteiger partial charge on any atom is -0.484 e. The predicted octanol–water partition coefficient (Wildman–Crippen LogP) is 2.17. The zero-order chi connectivity index (χ0) is 16.9. The van der Waals surface area contributed by atoms with E-state index in [-0.39, 0.29) is 36.7 Å². The summed E-state index contributed by atoms with van der Waals surface area (Å²) in [5.41, 5.74) is 5.96. The number of hydrogen-bond acceptors (Lipinski definition) is 4. The van der Waals surface area contributed by atoms with Gasteiger partial charge in [-0.25, -0.2) is 0 Å². The molecule has 1 fully saturated rings. The molecule has 1 aliphatic rings. The van der Waals surface area contributed by atoms with Crippen LogP contribution in [0.2, 0.25) is 0 Å². The van der Waals surface area contributed by atoms with Gasteiger partial charge in [0.2, 0.25) is 5.91 Å². The number of alkyl halides is 3. The van der Waals surface area contributed by atoms with E-state index >= 15 is 0 Å². The van der Waals surface area contributed by atoms with Crippen LogP contribution < -0.4 is 15.8 Å². The minimum atomic E-state index is -4.41. The fourth-order valence-corrected chi connectivity index (χ4v) is 2.32. The lowest BCUT2D eigenvalue weighted by Crippen LogP contribution is -2.35. The van der Waals surface area contributed by atoms with Gasteiger partial charge in [-0.15, -0.1) is 12.4 Å². The number of ether oxygens (including phenoxy) is 2. The van der Waals surface area contributed by atoms with Gasteiger partial charge >= 0.3 is 6.18 Å². The van der Waals surface area contributed by atoms with Crippen LogP contribution >= 0.6 is 12.4 Å². The van der Waals surface area contributed by atoms with Gasteiger partial charge in [-0.2, -0.15) is 13.2 Å². The first-order chi connectivity index (χ1) is 10.9. The van der Waals surface area contributed by atoms with Gasteiger partial charge < -0.3 is 20.5 Å². The van der Waals surface area contributed by atoms with Crippen LogP contribution in [0.3, 0.4) is 0 Å². The monoisotopic (exact) mass is 368 g/mol. The van der Waals surface area contributed by atoms with Crippen LogP contribution in [0, 0.1) is 0 Å². The largest absolute Gasteiger partial charge is 0.484 e. The Morgan fingerprint density at radius 1 is 1.33 bits per heavy atom. The number of nitrogens with one attached hydrogen (secondary N) is 1. The van der Waals surface area contributed by atoms with Gasteiger partial charge in [-0.1, -0.05) is 18.2 Å². The SMILES string of the molecule is Cl.NC[C@H]1CC[C@@H](C(=O)NCc2ccccc2OCC(F)(F)F)O1. The summed E-state index contributed by atoms with van der Waals surface area (Å²) in [6.07, 6.45) is -3.79. The van der Waals surface area contributed by atoms with Gasteiger partial charge in [0.1, 0.15) is 11.9 Å². The molecule has 1 heterocycles. The van der Waals surface area contributed by atoms with Crippen molar-refractivity contribution in [3.8, 4) is 5.75 Å². The van der Waals surface area contributed by atoms with Crippen LogP contribution in [-0.2, 0) is 16.1 Å². The third kappa shape index (κ3) is 6.18. The van der Waals surface area contributed by atoms with E-state index in [9.17, 15) is 18.0 Å². The van der Waals surface area contributed by atoms with Gasteiger partial charge in [-0.05, 0) is 18.9 Å². The Morgan fingerprint density at radius 2 is 2.04 bits per heavy atom. The lowest BCUT2D eigenvalue weighted by molar-refractivity contribution is -0.153. The third-order valence-electron chi connectivity index (χ3n) is 3.48. The summed E-state index contributed by atoms with van der Waals surface area (Å²) in [6.45, 7) is -0.945. The van der Waals surface area contributed by atoms with Crippen molar-refractivity contribution in [2.24, 2.45) is 5.73 Å². The molecular formula is C15H20ClF3N2O3. The van der Waals surface area contributed by atoms with E-state index in [0.717, 1.165) is 6.42 Å². The van der Waals surface area contributed by atoms with Crippen molar-refractivity contribution in [2.45, 2.75) is 37.8 Å².